The van der Waals surface area contributed by atoms with Crippen molar-refractivity contribution in [3.8, 4) is 0 Å². The lowest BCUT2D eigenvalue weighted by Crippen LogP contribution is -2.41. The van der Waals surface area contributed by atoms with Gasteiger partial charge in [0.2, 0.25) is 0 Å². The predicted molar refractivity (Wildman–Crippen MR) is 82.2 cm³/mol. The van der Waals surface area contributed by atoms with E-state index >= 15 is 0 Å². The minimum atomic E-state index is 0.247. The van der Waals surface area contributed by atoms with E-state index in [1.165, 1.54) is 37.7 Å². The Morgan fingerprint density at radius 1 is 1.21 bits per heavy atom. The van der Waals surface area contributed by atoms with Gasteiger partial charge in [0.05, 0.1) is 10.0 Å². The fourth-order valence-corrected chi connectivity index (χ4v) is 3.76. The second-order valence-electron chi connectivity index (χ2n) is 6.23. The van der Waals surface area contributed by atoms with E-state index in [4.69, 9.17) is 23.2 Å². The molecule has 1 aromatic rings. The molecule has 1 nitrogen and oxygen atoms in total. The van der Waals surface area contributed by atoms with Crippen LogP contribution in [0.15, 0.2) is 18.2 Å². The van der Waals surface area contributed by atoms with Gasteiger partial charge in [0, 0.05) is 18.0 Å². The van der Waals surface area contributed by atoms with Crippen LogP contribution in [0, 0.1) is 5.92 Å². The zero-order chi connectivity index (χ0) is 13.5. The standard InChI is InChI=1S/C16H21Cl2N/c1-11-3-2-8-16(11,10-19-13-5-6-13)12-4-7-14(17)15(18)9-12/h4,7,9,11,13,19H,2-3,5-6,8,10H2,1H3. The highest BCUT2D eigenvalue weighted by molar-refractivity contribution is 6.42. The smallest absolute Gasteiger partial charge is 0.0595 e. The molecule has 0 spiro atoms. The zero-order valence-corrected chi connectivity index (χ0v) is 12.9. The molecular weight excluding hydrogens is 277 g/mol. The first kappa shape index (κ1) is 13.7. The summed E-state index contributed by atoms with van der Waals surface area (Å²) in [7, 11) is 0. The Balaban J connectivity index is 1.90. The minimum absolute atomic E-state index is 0.247. The molecule has 0 aromatic heterocycles. The molecule has 2 fully saturated rings. The van der Waals surface area contributed by atoms with Gasteiger partial charge in [0.25, 0.3) is 0 Å². The van der Waals surface area contributed by atoms with Crippen LogP contribution in [0.2, 0.25) is 10.0 Å². The van der Waals surface area contributed by atoms with Crippen LogP contribution in [0.1, 0.15) is 44.6 Å². The summed E-state index contributed by atoms with van der Waals surface area (Å²) in [6.07, 6.45) is 6.56. The minimum Gasteiger partial charge on any atom is -0.313 e. The van der Waals surface area contributed by atoms with Crippen molar-refractivity contribution in [2.45, 2.75) is 50.5 Å². The van der Waals surface area contributed by atoms with Crippen LogP contribution in [0.4, 0.5) is 0 Å². The predicted octanol–water partition coefficient (Wildman–Crippen LogP) is 4.80. The number of halogens is 2. The molecule has 3 heteroatoms. The van der Waals surface area contributed by atoms with Crippen LogP contribution in [0.3, 0.4) is 0 Å². The van der Waals surface area contributed by atoms with Gasteiger partial charge in [0.15, 0.2) is 0 Å². The van der Waals surface area contributed by atoms with Gasteiger partial charge in [-0.15, -0.1) is 0 Å². The van der Waals surface area contributed by atoms with Crippen molar-refractivity contribution in [1.82, 2.24) is 5.32 Å². The third-order valence-corrected chi connectivity index (χ3v) is 5.72. The lowest BCUT2D eigenvalue weighted by molar-refractivity contribution is 0.316. The van der Waals surface area contributed by atoms with Crippen molar-refractivity contribution in [3.63, 3.8) is 0 Å². The molecule has 104 valence electrons. The Labute approximate surface area is 125 Å². The second kappa shape index (κ2) is 5.27. The molecule has 0 bridgehead atoms. The first-order chi connectivity index (χ1) is 9.12. The number of nitrogens with one attached hydrogen (secondary N) is 1. The maximum atomic E-state index is 6.22. The third-order valence-electron chi connectivity index (χ3n) is 4.98. The van der Waals surface area contributed by atoms with Gasteiger partial charge in [-0.3, -0.25) is 0 Å². The molecule has 1 N–H and O–H groups in total. The molecule has 2 aliphatic rings. The molecule has 2 aliphatic carbocycles. The fourth-order valence-electron chi connectivity index (χ4n) is 3.46. The van der Waals surface area contributed by atoms with E-state index in [-0.39, 0.29) is 5.41 Å². The summed E-state index contributed by atoms with van der Waals surface area (Å²) in [4.78, 5) is 0. The van der Waals surface area contributed by atoms with E-state index in [0.29, 0.717) is 16.0 Å². The van der Waals surface area contributed by atoms with Gasteiger partial charge in [-0.25, -0.2) is 0 Å². The van der Waals surface area contributed by atoms with Crippen LogP contribution in [-0.2, 0) is 5.41 Å². The first-order valence-electron chi connectivity index (χ1n) is 7.31. The van der Waals surface area contributed by atoms with Gasteiger partial charge in [-0.1, -0.05) is 42.6 Å². The van der Waals surface area contributed by atoms with Gasteiger partial charge < -0.3 is 5.32 Å². The molecule has 19 heavy (non-hydrogen) atoms. The van der Waals surface area contributed by atoms with Crippen LogP contribution in [-0.4, -0.2) is 12.6 Å². The first-order valence-corrected chi connectivity index (χ1v) is 8.06. The van der Waals surface area contributed by atoms with E-state index in [2.05, 4.69) is 24.4 Å². The summed E-state index contributed by atoms with van der Waals surface area (Å²) < 4.78 is 0. The van der Waals surface area contributed by atoms with Crippen molar-refractivity contribution in [2.24, 2.45) is 5.92 Å². The Bertz CT molecular complexity index is 470. The maximum Gasteiger partial charge on any atom is 0.0595 e. The van der Waals surface area contributed by atoms with E-state index in [1.54, 1.807) is 0 Å². The molecular formula is C16H21Cl2N. The third kappa shape index (κ3) is 2.66. The van der Waals surface area contributed by atoms with Gasteiger partial charge >= 0.3 is 0 Å². The molecule has 1 aromatic carbocycles. The van der Waals surface area contributed by atoms with Crippen LogP contribution < -0.4 is 5.32 Å². The zero-order valence-electron chi connectivity index (χ0n) is 11.4. The summed E-state index contributed by atoms with van der Waals surface area (Å²) in [6, 6.07) is 6.96. The van der Waals surface area contributed by atoms with E-state index in [1.807, 2.05) is 6.07 Å². The van der Waals surface area contributed by atoms with Crippen molar-refractivity contribution >= 4 is 23.2 Å². The molecule has 2 saturated carbocycles. The average Bonchev–Trinajstić information content (AvgIpc) is 3.15. The molecule has 0 saturated heterocycles. The molecule has 0 aliphatic heterocycles. The van der Waals surface area contributed by atoms with Crippen molar-refractivity contribution in [1.29, 1.82) is 0 Å². The largest absolute Gasteiger partial charge is 0.313 e. The quantitative estimate of drug-likeness (QED) is 0.841. The highest BCUT2D eigenvalue weighted by Crippen LogP contribution is 2.46. The summed E-state index contributed by atoms with van der Waals surface area (Å²) in [5.41, 5.74) is 1.61. The Morgan fingerprint density at radius 2 is 2.00 bits per heavy atom. The lowest BCUT2D eigenvalue weighted by Gasteiger charge is -2.35. The summed E-state index contributed by atoms with van der Waals surface area (Å²) in [5, 5.41) is 5.06. The topological polar surface area (TPSA) is 12.0 Å². The summed E-state index contributed by atoms with van der Waals surface area (Å²) in [5.74, 6) is 0.705. The Hall–Kier alpha value is -0.240. The van der Waals surface area contributed by atoms with Gasteiger partial charge in [-0.2, -0.15) is 0 Å². The summed E-state index contributed by atoms with van der Waals surface area (Å²) in [6.45, 7) is 3.46. The monoisotopic (exact) mass is 297 g/mol. The fraction of sp³-hybridized carbons (Fsp3) is 0.625. The summed E-state index contributed by atoms with van der Waals surface area (Å²) >= 11 is 12.3. The maximum absolute atomic E-state index is 6.22. The second-order valence-corrected chi connectivity index (χ2v) is 7.05. The highest BCUT2D eigenvalue weighted by Gasteiger charge is 2.42. The Kier molecular flexibility index (Phi) is 3.81. The molecule has 0 radical (unpaired) electrons. The number of hydrogen-bond acceptors (Lipinski definition) is 1. The number of hydrogen-bond donors (Lipinski definition) is 1. The van der Waals surface area contributed by atoms with Crippen molar-refractivity contribution < 1.29 is 0 Å². The van der Waals surface area contributed by atoms with Gasteiger partial charge in [0.1, 0.15) is 0 Å². The van der Waals surface area contributed by atoms with Gasteiger partial charge in [-0.05, 0) is 49.3 Å². The van der Waals surface area contributed by atoms with Crippen LogP contribution in [0.25, 0.3) is 0 Å². The normalized spacial score (nSPS) is 30.8. The van der Waals surface area contributed by atoms with E-state index in [0.717, 1.165) is 12.6 Å². The highest BCUT2D eigenvalue weighted by atomic mass is 35.5. The molecule has 2 unspecified atom stereocenters. The van der Waals surface area contributed by atoms with E-state index < -0.39 is 0 Å². The average molecular weight is 298 g/mol. The number of benzene rings is 1. The van der Waals surface area contributed by atoms with Crippen molar-refractivity contribution in [2.75, 3.05) is 6.54 Å². The molecule has 2 atom stereocenters. The molecule has 0 heterocycles. The van der Waals surface area contributed by atoms with Crippen molar-refractivity contribution in [3.05, 3.63) is 33.8 Å². The van der Waals surface area contributed by atoms with Crippen LogP contribution in [0.5, 0.6) is 0 Å². The SMILES string of the molecule is CC1CCCC1(CNC1CC1)c1ccc(Cl)c(Cl)c1. The molecule has 0 amide bonds. The molecule has 3 rings (SSSR count). The van der Waals surface area contributed by atoms with Crippen LogP contribution >= 0.6 is 23.2 Å². The number of rotatable bonds is 4. The Morgan fingerprint density at radius 3 is 2.58 bits per heavy atom. The van der Waals surface area contributed by atoms with E-state index in [9.17, 15) is 0 Å². The lowest BCUT2D eigenvalue weighted by atomic mass is 9.73.